The first-order valence-corrected chi connectivity index (χ1v) is 14.0. The monoisotopic (exact) mass is 546 g/mol. The number of rotatable bonds is 2. The predicted octanol–water partition coefficient (Wildman–Crippen LogP) is 3.41. The molecule has 2 unspecified atom stereocenters. The molecule has 2 bridgehead atoms. The second-order valence-corrected chi connectivity index (χ2v) is 11.3. The van der Waals surface area contributed by atoms with E-state index in [2.05, 4.69) is 15.6 Å². The Morgan fingerprint density at radius 3 is 2.63 bits per heavy atom. The highest BCUT2D eigenvalue weighted by Gasteiger charge is 2.39. The Hall–Kier alpha value is -4.75. The summed E-state index contributed by atoms with van der Waals surface area (Å²) in [4.78, 5) is 48.5. The van der Waals surface area contributed by atoms with Gasteiger partial charge in [0, 0.05) is 61.6 Å². The van der Waals surface area contributed by atoms with Crippen molar-refractivity contribution in [3.8, 4) is 6.07 Å². The number of allylic oxidation sites excluding steroid dienone is 2. The molecule has 10 nitrogen and oxygen atoms in total. The molecule has 10 heteroatoms. The number of fused-ring (bicyclic) bond motifs is 3. The van der Waals surface area contributed by atoms with Crippen molar-refractivity contribution >= 4 is 45.3 Å². The van der Waals surface area contributed by atoms with Crippen LogP contribution in [-0.4, -0.2) is 73.2 Å². The van der Waals surface area contributed by atoms with Crippen molar-refractivity contribution in [3.63, 3.8) is 0 Å². The van der Waals surface area contributed by atoms with Gasteiger partial charge in [-0.3, -0.25) is 14.0 Å². The minimum Gasteiger partial charge on any atom is -0.371 e. The van der Waals surface area contributed by atoms with Gasteiger partial charge < -0.3 is 19.1 Å². The number of hydrogen-bond acceptors (Lipinski definition) is 6. The topological polar surface area (TPSA) is 113 Å². The highest BCUT2D eigenvalue weighted by Crippen LogP contribution is 2.41. The molecule has 2 amide bonds. The van der Waals surface area contributed by atoms with Gasteiger partial charge in [0.15, 0.2) is 11.6 Å². The van der Waals surface area contributed by atoms with Crippen LogP contribution in [0.5, 0.6) is 0 Å². The van der Waals surface area contributed by atoms with Crippen molar-refractivity contribution in [1.82, 2.24) is 23.8 Å². The number of nitriles is 1. The van der Waals surface area contributed by atoms with E-state index in [1.807, 2.05) is 50.9 Å². The van der Waals surface area contributed by atoms with E-state index in [1.54, 1.807) is 12.3 Å². The van der Waals surface area contributed by atoms with Crippen LogP contribution >= 0.6 is 0 Å². The SMILES string of the molecule is N#Cc1cc2c3c(c1)c(C1=C(c4cnc5ccccn45)C(=O)CC1=O)cn3CCN(C(=O)N1CC3CCC(C1)O3)C2. The van der Waals surface area contributed by atoms with Crippen LogP contribution in [-0.2, 0) is 27.4 Å². The maximum Gasteiger partial charge on any atom is 0.320 e. The molecule has 0 saturated carbocycles. The third-order valence-electron chi connectivity index (χ3n) is 8.81. The highest BCUT2D eigenvalue weighted by molar-refractivity contribution is 6.51. The lowest BCUT2D eigenvalue weighted by Crippen LogP contribution is -2.51. The number of pyridine rings is 1. The lowest BCUT2D eigenvalue weighted by molar-refractivity contribution is -0.119. The minimum atomic E-state index is -0.241. The molecule has 4 aliphatic rings. The van der Waals surface area contributed by atoms with Gasteiger partial charge in [0.25, 0.3) is 0 Å². The van der Waals surface area contributed by atoms with E-state index in [0.717, 1.165) is 29.3 Å². The maximum atomic E-state index is 13.6. The van der Waals surface area contributed by atoms with E-state index in [4.69, 9.17) is 4.74 Å². The van der Waals surface area contributed by atoms with Gasteiger partial charge >= 0.3 is 6.03 Å². The fourth-order valence-corrected chi connectivity index (χ4v) is 7.01. The summed E-state index contributed by atoms with van der Waals surface area (Å²) in [6.07, 6.45) is 7.37. The van der Waals surface area contributed by atoms with Crippen molar-refractivity contribution < 1.29 is 19.1 Å². The van der Waals surface area contributed by atoms with E-state index in [0.29, 0.717) is 66.3 Å². The van der Waals surface area contributed by atoms with Crippen molar-refractivity contribution in [3.05, 3.63) is 71.3 Å². The van der Waals surface area contributed by atoms with Gasteiger partial charge in [-0.2, -0.15) is 5.26 Å². The Labute approximate surface area is 235 Å². The Morgan fingerprint density at radius 1 is 1.02 bits per heavy atom. The summed E-state index contributed by atoms with van der Waals surface area (Å²) in [6, 6.07) is 11.4. The molecule has 3 aromatic heterocycles. The number of carbonyl (C=O) groups is 3. The lowest BCUT2D eigenvalue weighted by atomic mass is 9.96. The third-order valence-corrected chi connectivity index (χ3v) is 8.81. The van der Waals surface area contributed by atoms with Gasteiger partial charge in [0.1, 0.15) is 5.65 Å². The number of imidazole rings is 1. The molecule has 0 radical (unpaired) electrons. The van der Waals surface area contributed by atoms with Gasteiger partial charge in [-0.15, -0.1) is 0 Å². The Kier molecular flexibility index (Phi) is 5.21. The molecule has 0 N–H and O–H groups in total. The molecule has 1 aliphatic carbocycles. The summed E-state index contributed by atoms with van der Waals surface area (Å²) < 4.78 is 9.81. The van der Waals surface area contributed by atoms with E-state index in [-0.39, 0.29) is 36.2 Å². The summed E-state index contributed by atoms with van der Waals surface area (Å²) in [5, 5.41) is 10.7. The number of benzene rings is 1. The van der Waals surface area contributed by atoms with Crippen LogP contribution in [0.3, 0.4) is 0 Å². The zero-order valence-corrected chi connectivity index (χ0v) is 22.2. The largest absolute Gasteiger partial charge is 0.371 e. The number of ketones is 2. The second kappa shape index (κ2) is 8.88. The number of likely N-dealkylation sites (tertiary alicyclic amines) is 1. The van der Waals surface area contributed by atoms with Crippen molar-refractivity contribution in [1.29, 1.82) is 5.26 Å². The minimum absolute atomic E-state index is 0.0131. The molecule has 3 aliphatic heterocycles. The molecule has 0 spiro atoms. The van der Waals surface area contributed by atoms with Crippen molar-refractivity contribution in [2.24, 2.45) is 0 Å². The number of nitrogens with zero attached hydrogens (tertiary/aromatic N) is 6. The number of carbonyl (C=O) groups excluding carboxylic acids is 3. The fourth-order valence-electron chi connectivity index (χ4n) is 7.01. The molecule has 2 atom stereocenters. The van der Waals surface area contributed by atoms with Gasteiger partial charge in [0.05, 0.1) is 53.2 Å². The molecule has 204 valence electrons. The van der Waals surface area contributed by atoms with Crippen molar-refractivity contribution in [2.45, 2.75) is 44.6 Å². The van der Waals surface area contributed by atoms with Crippen LogP contribution < -0.4 is 0 Å². The first kappa shape index (κ1) is 24.1. The lowest BCUT2D eigenvalue weighted by Gasteiger charge is -2.35. The Bertz CT molecular complexity index is 1880. The average Bonchev–Trinajstić information content (AvgIpc) is 3.69. The van der Waals surface area contributed by atoms with E-state index in [1.165, 1.54) is 0 Å². The van der Waals surface area contributed by atoms with Crippen LogP contribution in [0.4, 0.5) is 4.79 Å². The third kappa shape index (κ3) is 3.66. The normalized spacial score (nSPS) is 22.2. The Balaban J connectivity index is 1.25. The summed E-state index contributed by atoms with van der Waals surface area (Å²) in [7, 11) is 0. The molecular weight excluding hydrogens is 520 g/mol. The number of hydrogen-bond donors (Lipinski definition) is 0. The highest BCUT2D eigenvalue weighted by atomic mass is 16.5. The van der Waals surface area contributed by atoms with Gasteiger partial charge in [-0.1, -0.05) is 6.07 Å². The molecule has 2 fully saturated rings. The van der Waals surface area contributed by atoms with Gasteiger partial charge in [-0.25, -0.2) is 9.78 Å². The smallest absolute Gasteiger partial charge is 0.320 e. The van der Waals surface area contributed by atoms with Gasteiger partial charge in [-0.05, 0) is 42.7 Å². The number of amides is 2. The number of aromatic nitrogens is 3. The molecule has 2 saturated heterocycles. The van der Waals surface area contributed by atoms with E-state index in [9.17, 15) is 19.6 Å². The first-order valence-electron chi connectivity index (χ1n) is 14.0. The number of Topliss-reactive ketones (excluding diaryl/α,β-unsaturated/α-hetero) is 2. The standard InChI is InChI=1S/C31H26N6O4/c32-12-18-9-19-14-35(31(40)36-15-20-4-5-21(16-36)41-20)8-7-34-17-23(22(10-18)30(19)34)28-25(38)11-26(39)29(28)24-13-33-27-3-1-2-6-37(24)27/h1-3,6,9-10,13,17,20-21H,4-5,7-8,11,14-16H2. The number of urea groups is 1. The quantitative estimate of drug-likeness (QED) is 0.356. The fraction of sp³-hybridized carbons (Fsp3) is 0.323. The number of ether oxygens (including phenoxy) is 1. The molecule has 4 aromatic rings. The first-order chi connectivity index (χ1) is 20.0. The van der Waals surface area contributed by atoms with Crippen LogP contribution in [0.2, 0.25) is 0 Å². The van der Waals surface area contributed by atoms with Crippen LogP contribution in [0.15, 0.2) is 48.9 Å². The molecule has 1 aromatic carbocycles. The van der Waals surface area contributed by atoms with Gasteiger partial charge in [0.2, 0.25) is 0 Å². The van der Waals surface area contributed by atoms with Crippen LogP contribution in [0.1, 0.15) is 41.6 Å². The molecular formula is C31H26N6O4. The molecule has 41 heavy (non-hydrogen) atoms. The summed E-state index contributed by atoms with van der Waals surface area (Å²) >= 11 is 0. The Morgan fingerprint density at radius 2 is 1.83 bits per heavy atom. The van der Waals surface area contributed by atoms with E-state index >= 15 is 0 Å². The maximum absolute atomic E-state index is 13.6. The van der Waals surface area contributed by atoms with Crippen LogP contribution in [0, 0.1) is 11.3 Å². The molecule has 6 heterocycles. The summed E-state index contributed by atoms with van der Waals surface area (Å²) in [5.41, 5.74) is 4.79. The second-order valence-electron chi connectivity index (χ2n) is 11.3. The number of morpholine rings is 1. The van der Waals surface area contributed by atoms with Crippen molar-refractivity contribution in [2.75, 3.05) is 19.6 Å². The zero-order valence-electron chi connectivity index (χ0n) is 22.2. The average molecular weight is 547 g/mol. The summed E-state index contributed by atoms with van der Waals surface area (Å²) in [6.45, 7) is 2.57. The zero-order chi connectivity index (χ0) is 27.8. The molecule has 8 rings (SSSR count). The predicted molar refractivity (Wildman–Crippen MR) is 149 cm³/mol. The van der Waals surface area contributed by atoms with E-state index < -0.39 is 0 Å². The van der Waals surface area contributed by atoms with Crippen LogP contribution in [0.25, 0.3) is 27.7 Å². The summed E-state index contributed by atoms with van der Waals surface area (Å²) in [5.74, 6) is -0.480.